The Morgan fingerprint density at radius 3 is 3.18 bits per heavy atom. The number of rotatable bonds is 3. The zero-order valence-corrected chi connectivity index (χ0v) is 9.86. The van der Waals surface area contributed by atoms with Crippen LogP contribution in [0.1, 0.15) is 11.3 Å². The maximum Gasteiger partial charge on any atom is 0.126 e. The summed E-state index contributed by atoms with van der Waals surface area (Å²) in [7, 11) is 0. The van der Waals surface area contributed by atoms with Crippen molar-refractivity contribution in [2.75, 3.05) is 31.6 Å². The summed E-state index contributed by atoms with van der Waals surface area (Å²) in [5, 5.41) is 15.3. The van der Waals surface area contributed by atoms with E-state index in [-0.39, 0.29) is 6.10 Å². The van der Waals surface area contributed by atoms with E-state index in [1.165, 1.54) is 0 Å². The lowest BCUT2D eigenvalue weighted by Crippen LogP contribution is -2.42. The average Bonchev–Trinajstić information content (AvgIpc) is 2.38. The Morgan fingerprint density at radius 1 is 1.65 bits per heavy atom. The van der Waals surface area contributed by atoms with Crippen LogP contribution in [-0.4, -0.2) is 37.3 Å². The van der Waals surface area contributed by atoms with E-state index in [1.54, 1.807) is 6.07 Å². The van der Waals surface area contributed by atoms with Crippen molar-refractivity contribution >= 4 is 5.82 Å². The van der Waals surface area contributed by atoms with Crippen molar-refractivity contribution in [2.24, 2.45) is 0 Å². The van der Waals surface area contributed by atoms with Crippen LogP contribution in [0.2, 0.25) is 0 Å². The first-order valence-electron chi connectivity index (χ1n) is 5.73. The van der Waals surface area contributed by atoms with Gasteiger partial charge in [0.25, 0.3) is 0 Å². The monoisotopic (exact) mass is 232 g/mol. The molecule has 0 aliphatic carbocycles. The van der Waals surface area contributed by atoms with Gasteiger partial charge < -0.3 is 15.4 Å². The molecule has 5 nitrogen and oxygen atoms in total. The van der Waals surface area contributed by atoms with Crippen molar-refractivity contribution in [2.45, 2.75) is 13.0 Å². The third kappa shape index (κ3) is 3.16. The summed E-state index contributed by atoms with van der Waals surface area (Å²) in [6.07, 6.45) is 0.182. The molecule has 1 atom stereocenters. The van der Waals surface area contributed by atoms with Gasteiger partial charge in [0, 0.05) is 19.6 Å². The van der Waals surface area contributed by atoms with Gasteiger partial charge in [-0.05, 0) is 19.1 Å². The molecule has 2 N–H and O–H groups in total. The molecule has 1 aromatic heterocycles. The quantitative estimate of drug-likeness (QED) is 0.801. The standard InChI is InChI=1S/C12H16N4O/c1-9-10(6-13)2-3-12(16-9)15-8-11-7-14-4-5-17-11/h2-3,11,14H,4-5,7-8H2,1H3,(H,15,16). The maximum atomic E-state index is 8.80. The Hall–Kier alpha value is -1.64. The molecule has 90 valence electrons. The number of ether oxygens (including phenoxy) is 1. The molecule has 0 saturated carbocycles. The summed E-state index contributed by atoms with van der Waals surface area (Å²) < 4.78 is 5.57. The topological polar surface area (TPSA) is 70.0 Å². The minimum atomic E-state index is 0.182. The molecular weight excluding hydrogens is 216 g/mol. The van der Waals surface area contributed by atoms with Crippen LogP contribution in [0.25, 0.3) is 0 Å². The second-order valence-electron chi connectivity index (χ2n) is 4.02. The number of hydrogen-bond acceptors (Lipinski definition) is 5. The first kappa shape index (κ1) is 11.8. The molecule has 1 aliphatic heterocycles. The number of hydrogen-bond donors (Lipinski definition) is 2. The molecule has 0 spiro atoms. The average molecular weight is 232 g/mol. The van der Waals surface area contributed by atoms with Gasteiger partial charge in [0.05, 0.1) is 24.0 Å². The highest BCUT2D eigenvalue weighted by Gasteiger charge is 2.12. The molecule has 5 heteroatoms. The van der Waals surface area contributed by atoms with E-state index >= 15 is 0 Å². The summed E-state index contributed by atoms with van der Waals surface area (Å²) >= 11 is 0. The number of pyridine rings is 1. The Kier molecular flexibility index (Phi) is 3.91. The molecule has 1 aromatic rings. The molecule has 1 aliphatic rings. The summed E-state index contributed by atoms with van der Waals surface area (Å²) in [6.45, 7) is 5.10. The smallest absolute Gasteiger partial charge is 0.126 e. The van der Waals surface area contributed by atoms with Crippen LogP contribution in [0.5, 0.6) is 0 Å². The van der Waals surface area contributed by atoms with Gasteiger partial charge in [0.1, 0.15) is 11.9 Å². The summed E-state index contributed by atoms with van der Waals surface area (Å²) in [6, 6.07) is 5.71. The van der Waals surface area contributed by atoms with E-state index in [1.807, 2.05) is 13.0 Å². The predicted molar refractivity (Wildman–Crippen MR) is 64.8 cm³/mol. The van der Waals surface area contributed by atoms with Gasteiger partial charge >= 0.3 is 0 Å². The Morgan fingerprint density at radius 2 is 2.53 bits per heavy atom. The molecule has 0 amide bonds. The van der Waals surface area contributed by atoms with E-state index in [0.29, 0.717) is 5.56 Å². The Labute approximate surface area is 101 Å². The van der Waals surface area contributed by atoms with E-state index < -0.39 is 0 Å². The first-order chi connectivity index (χ1) is 8.29. The van der Waals surface area contributed by atoms with Gasteiger partial charge in [-0.25, -0.2) is 4.98 Å². The lowest BCUT2D eigenvalue weighted by Gasteiger charge is -2.24. The number of aromatic nitrogens is 1. The summed E-state index contributed by atoms with van der Waals surface area (Å²) in [4.78, 5) is 4.32. The van der Waals surface area contributed by atoms with Crippen molar-refractivity contribution in [1.82, 2.24) is 10.3 Å². The number of morpholine rings is 1. The van der Waals surface area contributed by atoms with Crippen molar-refractivity contribution in [3.8, 4) is 6.07 Å². The van der Waals surface area contributed by atoms with Crippen LogP contribution in [0.4, 0.5) is 5.82 Å². The van der Waals surface area contributed by atoms with E-state index in [0.717, 1.165) is 37.8 Å². The van der Waals surface area contributed by atoms with Crippen LogP contribution < -0.4 is 10.6 Å². The van der Waals surface area contributed by atoms with Crippen molar-refractivity contribution < 1.29 is 4.74 Å². The SMILES string of the molecule is Cc1nc(NCC2CNCCO2)ccc1C#N. The molecule has 1 saturated heterocycles. The Balaban J connectivity index is 1.90. The lowest BCUT2D eigenvalue weighted by atomic mass is 10.2. The predicted octanol–water partition coefficient (Wildman–Crippen LogP) is 0.662. The third-order valence-electron chi connectivity index (χ3n) is 2.72. The van der Waals surface area contributed by atoms with Crippen molar-refractivity contribution in [3.63, 3.8) is 0 Å². The molecule has 1 unspecified atom stereocenters. The fourth-order valence-electron chi connectivity index (χ4n) is 1.75. The third-order valence-corrected chi connectivity index (χ3v) is 2.72. The minimum Gasteiger partial charge on any atom is -0.374 e. The molecule has 17 heavy (non-hydrogen) atoms. The summed E-state index contributed by atoms with van der Waals surface area (Å²) in [5.41, 5.74) is 1.37. The zero-order chi connectivity index (χ0) is 12.1. The number of aryl methyl sites for hydroxylation is 1. The van der Waals surface area contributed by atoms with Gasteiger partial charge in [0.15, 0.2) is 0 Å². The normalized spacial score (nSPS) is 19.6. The van der Waals surface area contributed by atoms with Gasteiger partial charge in [-0.3, -0.25) is 0 Å². The van der Waals surface area contributed by atoms with Crippen molar-refractivity contribution in [3.05, 3.63) is 23.4 Å². The number of nitrogens with one attached hydrogen (secondary N) is 2. The second-order valence-corrected chi connectivity index (χ2v) is 4.02. The first-order valence-corrected chi connectivity index (χ1v) is 5.73. The fourth-order valence-corrected chi connectivity index (χ4v) is 1.75. The summed E-state index contributed by atoms with van der Waals surface area (Å²) in [5.74, 6) is 0.788. The van der Waals surface area contributed by atoms with Crippen LogP contribution in [0.15, 0.2) is 12.1 Å². The molecule has 2 rings (SSSR count). The molecule has 0 aromatic carbocycles. The van der Waals surface area contributed by atoms with Gasteiger partial charge in [0.2, 0.25) is 0 Å². The van der Waals surface area contributed by atoms with Crippen LogP contribution in [-0.2, 0) is 4.74 Å². The van der Waals surface area contributed by atoms with Crippen LogP contribution in [0, 0.1) is 18.3 Å². The molecule has 2 heterocycles. The van der Waals surface area contributed by atoms with Crippen molar-refractivity contribution in [1.29, 1.82) is 5.26 Å². The number of nitriles is 1. The van der Waals surface area contributed by atoms with Crippen LogP contribution >= 0.6 is 0 Å². The molecule has 1 fully saturated rings. The lowest BCUT2D eigenvalue weighted by molar-refractivity contribution is 0.0372. The highest BCUT2D eigenvalue weighted by molar-refractivity contribution is 5.42. The second kappa shape index (κ2) is 5.62. The minimum absolute atomic E-state index is 0.182. The molecule has 0 radical (unpaired) electrons. The molecule has 0 bridgehead atoms. The largest absolute Gasteiger partial charge is 0.374 e. The number of nitrogens with zero attached hydrogens (tertiary/aromatic N) is 2. The van der Waals surface area contributed by atoms with E-state index in [9.17, 15) is 0 Å². The Bertz CT molecular complexity index is 421. The van der Waals surface area contributed by atoms with Gasteiger partial charge in [-0.2, -0.15) is 5.26 Å². The van der Waals surface area contributed by atoms with Crippen LogP contribution in [0.3, 0.4) is 0 Å². The van der Waals surface area contributed by atoms with E-state index in [2.05, 4.69) is 21.7 Å². The zero-order valence-electron chi connectivity index (χ0n) is 9.86. The van der Waals surface area contributed by atoms with Gasteiger partial charge in [-0.15, -0.1) is 0 Å². The highest BCUT2D eigenvalue weighted by Crippen LogP contribution is 2.09. The highest BCUT2D eigenvalue weighted by atomic mass is 16.5. The number of anilines is 1. The molecular formula is C12H16N4O. The maximum absolute atomic E-state index is 8.80. The fraction of sp³-hybridized carbons (Fsp3) is 0.500. The van der Waals surface area contributed by atoms with E-state index in [4.69, 9.17) is 10.00 Å². The van der Waals surface area contributed by atoms with Gasteiger partial charge in [-0.1, -0.05) is 0 Å².